The van der Waals surface area contributed by atoms with Gasteiger partial charge in [-0.05, 0) is 36.4 Å². The average Bonchev–Trinajstić information content (AvgIpc) is 3.42. The number of imidazole rings is 3. The fourth-order valence-electron chi connectivity index (χ4n) is 3.59. The number of hydrogen-bond donors (Lipinski definition) is 0. The van der Waals surface area contributed by atoms with E-state index in [0.29, 0.717) is 0 Å². The number of para-hydroxylation sites is 6. The van der Waals surface area contributed by atoms with Crippen molar-refractivity contribution in [1.29, 1.82) is 0 Å². The minimum Gasteiger partial charge on any atom is -0.267 e. The summed E-state index contributed by atoms with van der Waals surface area (Å²) in [6.07, 6.45) is 3.66. The first-order valence-corrected chi connectivity index (χ1v) is 8.73. The molecular formula is C21H14N6. The molecular weight excluding hydrogens is 336 g/mol. The minimum absolute atomic E-state index is 0.771. The summed E-state index contributed by atoms with van der Waals surface area (Å²) in [5, 5.41) is 0. The van der Waals surface area contributed by atoms with E-state index in [1.165, 1.54) is 0 Å². The lowest BCUT2D eigenvalue weighted by molar-refractivity contribution is 0.675. The van der Waals surface area contributed by atoms with Crippen LogP contribution in [0.1, 0.15) is 0 Å². The van der Waals surface area contributed by atoms with Crippen molar-refractivity contribution in [1.82, 2.24) is 28.9 Å². The first-order valence-electron chi connectivity index (χ1n) is 8.73. The number of rotatable bonds is 2. The summed E-state index contributed by atoms with van der Waals surface area (Å²) in [6.45, 7) is 0. The van der Waals surface area contributed by atoms with Gasteiger partial charge < -0.3 is 0 Å². The molecule has 6 rings (SSSR count). The van der Waals surface area contributed by atoms with Gasteiger partial charge in [-0.2, -0.15) is 0 Å². The molecule has 0 spiro atoms. The highest BCUT2D eigenvalue weighted by Gasteiger charge is 2.17. The zero-order chi connectivity index (χ0) is 17.8. The van der Waals surface area contributed by atoms with Crippen LogP contribution >= 0.6 is 0 Å². The number of aromatic nitrogens is 6. The van der Waals surface area contributed by atoms with Crippen LogP contribution in [0.15, 0.2) is 85.5 Å². The third kappa shape index (κ3) is 1.98. The van der Waals surface area contributed by atoms with Crippen LogP contribution in [0.25, 0.3) is 39.0 Å². The number of hydrogen-bond acceptors (Lipinski definition) is 3. The lowest BCUT2D eigenvalue weighted by atomic mass is 10.3. The smallest absolute Gasteiger partial charge is 0.236 e. The summed E-state index contributed by atoms with van der Waals surface area (Å²) < 4.78 is 6.14. The van der Waals surface area contributed by atoms with E-state index < -0.39 is 0 Å². The Balaban J connectivity index is 1.75. The summed E-state index contributed by atoms with van der Waals surface area (Å²) in [7, 11) is 0. The molecule has 0 fully saturated rings. The molecule has 3 heterocycles. The van der Waals surface area contributed by atoms with Gasteiger partial charge >= 0.3 is 0 Å². The van der Waals surface area contributed by atoms with E-state index in [4.69, 9.17) is 4.98 Å². The van der Waals surface area contributed by atoms with Gasteiger partial charge in [0.15, 0.2) is 0 Å². The zero-order valence-electron chi connectivity index (χ0n) is 14.3. The third-order valence-electron chi connectivity index (χ3n) is 4.84. The molecule has 0 aliphatic heterocycles. The van der Waals surface area contributed by atoms with Crippen molar-refractivity contribution < 1.29 is 0 Å². The SMILES string of the molecule is c1ccc2c(c1)ncn2-c1nc2ccccc2n1-n1cnc2ccccc21. The van der Waals surface area contributed by atoms with Crippen LogP contribution in [0.4, 0.5) is 0 Å². The van der Waals surface area contributed by atoms with Gasteiger partial charge in [0.2, 0.25) is 5.95 Å². The molecule has 0 N–H and O–H groups in total. The monoisotopic (exact) mass is 350 g/mol. The van der Waals surface area contributed by atoms with Crippen molar-refractivity contribution in [2.24, 2.45) is 0 Å². The van der Waals surface area contributed by atoms with Gasteiger partial charge in [-0.15, -0.1) is 0 Å². The summed E-state index contributed by atoms with van der Waals surface area (Å²) in [6, 6.07) is 24.3. The summed E-state index contributed by atoms with van der Waals surface area (Å²) in [5.74, 6) is 0.771. The number of fused-ring (bicyclic) bond motifs is 3. The van der Waals surface area contributed by atoms with Crippen molar-refractivity contribution >= 4 is 33.1 Å². The molecule has 27 heavy (non-hydrogen) atoms. The predicted molar refractivity (Wildman–Crippen MR) is 105 cm³/mol. The molecule has 0 amide bonds. The van der Waals surface area contributed by atoms with Gasteiger partial charge in [-0.1, -0.05) is 36.4 Å². The predicted octanol–water partition coefficient (Wildman–Crippen LogP) is 4.04. The molecule has 128 valence electrons. The van der Waals surface area contributed by atoms with E-state index in [1.807, 2.05) is 76.5 Å². The van der Waals surface area contributed by atoms with E-state index in [2.05, 4.69) is 32.8 Å². The molecule has 0 saturated heterocycles. The van der Waals surface area contributed by atoms with Crippen molar-refractivity contribution in [2.45, 2.75) is 0 Å². The number of benzene rings is 3. The molecule has 6 aromatic rings. The van der Waals surface area contributed by atoms with Crippen molar-refractivity contribution in [2.75, 3.05) is 0 Å². The third-order valence-corrected chi connectivity index (χ3v) is 4.84. The lowest BCUT2D eigenvalue weighted by Crippen LogP contribution is -2.13. The van der Waals surface area contributed by atoms with E-state index in [9.17, 15) is 0 Å². The van der Waals surface area contributed by atoms with Crippen LogP contribution < -0.4 is 0 Å². The Kier molecular flexibility index (Phi) is 2.79. The van der Waals surface area contributed by atoms with Crippen molar-refractivity contribution in [3.63, 3.8) is 0 Å². The Morgan fingerprint density at radius 2 is 1.15 bits per heavy atom. The van der Waals surface area contributed by atoms with Crippen LogP contribution in [0.3, 0.4) is 0 Å². The van der Waals surface area contributed by atoms with E-state index in [1.54, 1.807) is 0 Å². The molecule has 0 aliphatic rings. The molecule has 3 aromatic carbocycles. The average molecular weight is 350 g/mol. The highest BCUT2D eigenvalue weighted by atomic mass is 15.5. The van der Waals surface area contributed by atoms with Crippen molar-refractivity contribution in [3.8, 4) is 5.95 Å². The summed E-state index contributed by atoms with van der Waals surface area (Å²) >= 11 is 0. The first-order chi connectivity index (χ1) is 13.4. The summed E-state index contributed by atoms with van der Waals surface area (Å²) in [4.78, 5) is 14.0. The highest BCUT2D eigenvalue weighted by molar-refractivity contribution is 5.82. The van der Waals surface area contributed by atoms with Crippen LogP contribution in [-0.4, -0.2) is 28.9 Å². The van der Waals surface area contributed by atoms with Gasteiger partial charge in [0.25, 0.3) is 0 Å². The van der Waals surface area contributed by atoms with Crippen LogP contribution in [-0.2, 0) is 0 Å². The van der Waals surface area contributed by atoms with E-state index in [-0.39, 0.29) is 0 Å². The Hall–Kier alpha value is -3.93. The van der Waals surface area contributed by atoms with Crippen LogP contribution in [0.2, 0.25) is 0 Å². The molecule has 0 aliphatic carbocycles. The van der Waals surface area contributed by atoms with Gasteiger partial charge in [-0.25, -0.2) is 24.3 Å². The maximum Gasteiger partial charge on any atom is 0.236 e. The molecule has 0 atom stereocenters. The standard InChI is InChI=1S/C21H14N6/c1-4-10-18-15(7-1)22-13-25(18)21-24-17-9-3-6-12-20(17)27(21)26-14-23-16-8-2-5-11-19(16)26/h1-14H. The van der Waals surface area contributed by atoms with Crippen LogP contribution in [0.5, 0.6) is 0 Å². The maximum atomic E-state index is 4.91. The molecule has 3 aromatic heterocycles. The Morgan fingerprint density at radius 1 is 0.556 bits per heavy atom. The molecule has 0 unspecified atom stereocenters. The largest absolute Gasteiger partial charge is 0.267 e. The van der Waals surface area contributed by atoms with Crippen molar-refractivity contribution in [3.05, 3.63) is 85.5 Å². The van der Waals surface area contributed by atoms with Gasteiger partial charge in [0, 0.05) is 0 Å². The Labute approximate surface area is 153 Å². The van der Waals surface area contributed by atoms with Gasteiger partial charge in [-0.3, -0.25) is 4.57 Å². The summed E-state index contributed by atoms with van der Waals surface area (Å²) in [5.41, 5.74) is 5.84. The molecule has 0 radical (unpaired) electrons. The quantitative estimate of drug-likeness (QED) is 0.474. The molecule has 0 bridgehead atoms. The maximum absolute atomic E-state index is 4.91. The molecule has 6 nitrogen and oxygen atoms in total. The Bertz CT molecular complexity index is 1440. The molecule has 0 saturated carbocycles. The fourth-order valence-corrected chi connectivity index (χ4v) is 3.59. The fraction of sp³-hybridized carbons (Fsp3) is 0. The van der Waals surface area contributed by atoms with Gasteiger partial charge in [0.1, 0.15) is 12.7 Å². The van der Waals surface area contributed by atoms with Crippen LogP contribution in [0, 0.1) is 0 Å². The second kappa shape index (κ2) is 5.28. The van der Waals surface area contributed by atoms with E-state index in [0.717, 1.165) is 39.0 Å². The number of nitrogens with zero attached hydrogens (tertiary/aromatic N) is 6. The minimum atomic E-state index is 0.771. The zero-order valence-corrected chi connectivity index (χ0v) is 14.3. The molecule has 6 heteroatoms. The highest BCUT2D eigenvalue weighted by Crippen LogP contribution is 2.25. The first kappa shape index (κ1) is 14.3. The van der Waals surface area contributed by atoms with E-state index >= 15 is 0 Å². The second-order valence-corrected chi connectivity index (χ2v) is 6.39. The lowest BCUT2D eigenvalue weighted by Gasteiger charge is -2.12. The second-order valence-electron chi connectivity index (χ2n) is 6.39. The Morgan fingerprint density at radius 3 is 1.96 bits per heavy atom. The normalized spacial score (nSPS) is 11.7. The van der Waals surface area contributed by atoms with Gasteiger partial charge in [0.05, 0.1) is 33.1 Å². The topological polar surface area (TPSA) is 53.5 Å².